The van der Waals surface area contributed by atoms with Crippen molar-refractivity contribution < 1.29 is 8.42 Å². The highest BCUT2D eigenvalue weighted by Crippen LogP contribution is 2.23. The number of nitrogens with one attached hydrogen (secondary N) is 1. The summed E-state index contributed by atoms with van der Waals surface area (Å²) >= 11 is 0. The van der Waals surface area contributed by atoms with Gasteiger partial charge in [0.15, 0.2) is 0 Å². The number of rotatable bonds is 5. The van der Waals surface area contributed by atoms with Gasteiger partial charge in [-0.25, -0.2) is 8.42 Å². The number of hydrogen-bond donors (Lipinski definition) is 1. The molecule has 2 unspecified atom stereocenters. The first-order valence-corrected chi connectivity index (χ1v) is 8.97. The first-order chi connectivity index (χ1) is 8.99. The van der Waals surface area contributed by atoms with Crippen molar-refractivity contribution in [1.29, 1.82) is 0 Å². The van der Waals surface area contributed by atoms with Gasteiger partial charge in [-0.3, -0.25) is 0 Å². The molecular weight excluding hydrogens is 262 g/mol. The summed E-state index contributed by atoms with van der Waals surface area (Å²) in [5.41, 5.74) is 0. The van der Waals surface area contributed by atoms with E-state index in [9.17, 15) is 8.42 Å². The highest BCUT2D eigenvalue weighted by Gasteiger charge is 2.35. The molecule has 0 spiro atoms. The van der Waals surface area contributed by atoms with E-state index >= 15 is 0 Å². The van der Waals surface area contributed by atoms with Crippen LogP contribution in [0.3, 0.4) is 0 Å². The van der Waals surface area contributed by atoms with E-state index in [4.69, 9.17) is 0 Å². The summed E-state index contributed by atoms with van der Waals surface area (Å²) in [6, 6.07) is 0.322. The monoisotopic (exact) mass is 289 g/mol. The van der Waals surface area contributed by atoms with Gasteiger partial charge >= 0.3 is 0 Å². The van der Waals surface area contributed by atoms with E-state index in [2.05, 4.69) is 10.2 Å². The van der Waals surface area contributed by atoms with E-state index in [0.29, 0.717) is 6.54 Å². The van der Waals surface area contributed by atoms with Crippen LogP contribution in [0.2, 0.25) is 0 Å². The van der Waals surface area contributed by atoms with Crippen molar-refractivity contribution in [3.8, 4) is 0 Å². The highest BCUT2D eigenvalue weighted by atomic mass is 32.2. The van der Waals surface area contributed by atoms with Gasteiger partial charge in [-0.05, 0) is 46.3 Å². The zero-order chi connectivity index (χ0) is 13.9. The second-order valence-electron chi connectivity index (χ2n) is 6.09. The summed E-state index contributed by atoms with van der Waals surface area (Å²) in [7, 11) is 0.901. The van der Waals surface area contributed by atoms with Gasteiger partial charge in [0, 0.05) is 25.2 Å². The van der Waals surface area contributed by atoms with Crippen LogP contribution in [0.5, 0.6) is 0 Å². The Kier molecular flexibility index (Phi) is 5.22. The topological polar surface area (TPSA) is 52.7 Å². The molecule has 0 saturated carbocycles. The minimum absolute atomic E-state index is 0.152. The third-order valence-corrected chi connectivity index (χ3v) is 6.10. The van der Waals surface area contributed by atoms with E-state index in [1.807, 2.05) is 14.1 Å². The normalized spacial score (nSPS) is 30.1. The van der Waals surface area contributed by atoms with Crippen LogP contribution in [0.25, 0.3) is 0 Å². The Balaban J connectivity index is 1.97. The molecule has 2 saturated heterocycles. The van der Waals surface area contributed by atoms with E-state index in [0.717, 1.165) is 38.8 Å². The minimum Gasteiger partial charge on any atom is -0.313 e. The molecule has 0 amide bonds. The fraction of sp³-hybridized carbons (Fsp3) is 1.00. The molecule has 0 aromatic rings. The summed E-state index contributed by atoms with van der Waals surface area (Å²) in [4.78, 5) is 2.08. The van der Waals surface area contributed by atoms with Crippen LogP contribution in [0.4, 0.5) is 0 Å². The molecular formula is C13H27N3O2S. The number of hydrogen-bond acceptors (Lipinski definition) is 4. The molecule has 6 heteroatoms. The predicted octanol–water partition coefficient (Wildman–Crippen LogP) is 0.484. The predicted molar refractivity (Wildman–Crippen MR) is 77.7 cm³/mol. The summed E-state index contributed by atoms with van der Waals surface area (Å²) in [5.74, 6) is 0.275. The number of piperidine rings is 1. The highest BCUT2D eigenvalue weighted by molar-refractivity contribution is 7.89. The van der Waals surface area contributed by atoms with Gasteiger partial charge in [0.05, 0.1) is 5.75 Å². The van der Waals surface area contributed by atoms with Crippen molar-refractivity contribution in [3.05, 3.63) is 0 Å². The average Bonchev–Trinajstić information content (AvgIpc) is 2.77. The number of likely N-dealkylation sites (N-methyl/N-ethyl adjacent to an activating group) is 1. The van der Waals surface area contributed by atoms with Crippen LogP contribution >= 0.6 is 0 Å². The Morgan fingerprint density at radius 1 is 1.21 bits per heavy atom. The Morgan fingerprint density at radius 3 is 2.63 bits per heavy atom. The third kappa shape index (κ3) is 4.15. The maximum atomic E-state index is 12.6. The average molecular weight is 289 g/mol. The largest absolute Gasteiger partial charge is 0.313 e. The first-order valence-electron chi connectivity index (χ1n) is 7.36. The molecule has 19 heavy (non-hydrogen) atoms. The van der Waals surface area contributed by atoms with E-state index in [1.54, 1.807) is 4.31 Å². The third-order valence-electron chi connectivity index (χ3n) is 4.08. The lowest BCUT2D eigenvalue weighted by Gasteiger charge is -2.29. The molecule has 0 aromatic heterocycles. The fourth-order valence-electron chi connectivity index (χ4n) is 3.20. The zero-order valence-electron chi connectivity index (χ0n) is 12.1. The Hall–Kier alpha value is -0.170. The molecule has 2 fully saturated rings. The molecule has 2 atom stereocenters. The van der Waals surface area contributed by atoms with E-state index in [-0.39, 0.29) is 17.8 Å². The molecule has 0 aromatic carbocycles. The number of sulfonamides is 1. The molecule has 2 rings (SSSR count). The lowest BCUT2D eigenvalue weighted by atomic mass is 10.1. The molecule has 112 valence electrons. The maximum Gasteiger partial charge on any atom is 0.215 e. The SMILES string of the molecule is CN(C)CC1CCCN1S(=O)(=O)CC1CCCCN1. The van der Waals surface area contributed by atoms with Crippen LogP contribution in [0.15, 0.2) is 0 Å². The van der Waals surface area contributed by atoms with Gasteiger partial charge in [0.1, 0.15) is 0 Å². The van der Waals surface area contributed by atoms with Crippen LogP contribution in [0, 0.1) is 0 Å². The summed E-state index contributed by atoms with van der Waals surface area (Å²) in [5, 5.41) is 3.34. The molecule has 1 N–H and O–H groups in total. The van der Waals surface area contributed by atoms with E-state index < -0.39 is 10.0 Å². The first kappa shape index (κ1) is 15.2. The molecule has 0 bridgehead atoms. The summed E-state index contributed by atoms with van der Waals surface area (Å²) in [6.45, 7) is 2.49. The maximum absolute atomic E-state index is 12.6. The van der Waals surface area contributed by atoms with Gasteiger partial charge in [-0.2, -0.15) is 4.31 Å². The lowest BCUT2D eigenvalue weighted by Crippen LogP contribution is -2.47. The molecule has 0 aliphatic carbocycles. The van der Waals surface area contributed by atoms with Crippen molar-refractivity contribution in [2.24, 2.45) is 0 Å². The van der Waals surface area contributed by atoms with Crippen molar-refractivity contribution in [2.45, 2.75) is 44.2 Å². The Bertz CT molecular complexity index is 377. The fourth-order valence-corrected chi connectivity index (χ4v) is 5.21. The Morgan fingerprint density at radius 2 is 2.00 bits per heavy atom. The van der Waals surface area contributed by atoms with Crippen molar-refractivity contribution in [3.63, 3.8) is 0 Å². The smallest absolute Gasteiger partial charge is 0.215 e. The standard InChI is InChI=1S/C13H27N3O2S/c1-15(2)10-13-7-5-9-16(13)19(17,18)11-12-6-3-4-8-14-12/h12-14H,3-11H2,1-2H3. The van der Waals surface area contributed by atoms with Gasteiger partial charge in [-0.1, -0.05) is 6.42 Å². The molecule has 2 aliphatic rings. The van der Waals surface area contributed by atoms with Crippen molar-refractivity contribution in [2.75, 3.05) is 39.5 Å². The van der Waals surface area contributed by atoms with Crippen molar-refractivity contribution in [1.82, 2.24) is 14.5 Å². The van der Waals surface area contributed by atoms with E-state index in [1.165, 1.54) is 6.42 Å². The summed E-state index contributed by atoms with van der Waals surface area (Å²) < 4.78 is 26.9. The lowest BCUT2D eigenvalue weighted by molar-refractivity contribution is 0.289. The van der Waals surface area contributed by atoms with Crippen LogP contribution < -0.4 is 5.32 Å². The van der Waals surface area contributed by atoms with Crippen LogP contribution in [-0.2, 0) is 10.0 Å². The quantitative estimate of drug-likeness (QED) is 0.800. The van der Waals surface area contributed by atoms with Crippen molar-refractivity contribution >= 4 is 10.0 Å². The second-order valence-corrected chi connectivity index (χ2v) is 8.06. The van der Waals surface area contributed by atoms with Gasteiger partial charge in [0.25, 0.3) is 0 Å². The minimum atomic E-state index is -3.11. The van der Waals surface area contributed by atoms with Crippen LogP contribution in [0.1, 0.15) is 32.1 Å². The summed E-state index contributed by atoms with van der Waals surface area (Å²) in [6.07, 6.45) is 5.30. The molecule has 2 heterocycles. The van der Waals surface area contributed by atoms with Gasteiger partial charge in [-0.15, -0.1) is 0 Å². The molecule has 2 aliphatic heterocycles. The zero-order valence-corrected chi connectivity index (χ0v) is 13.0. The molecule has 0 radical (unpaired) electrons. The van der Waals surface area contributed by atoms with Crippen LogP contribution in [-0.4, -0.2) is 69.2 Å². The van der Waals surface area contributed by atoms with Gasteiger partial charge in [0.2, 0.25) is 10.0 Å². The van der Waals surface area contributed by atoms with Gasteiger partial charge < -0.3 is 10.2 Å². The molecule has 5 nitrogen and oxygen atoms in total. The number of nitrogens with zero attached hydrogens (tertiary/aromatic N) is 2. The Labute approximate surface area is 117 Å². The second kappa shape index (κ2) is 6.52.